The van der Waals surface area contributed by atoms with Gasteiger partial charge in [-0.15, -0.1) is 6.58 Å². The Morgan fingerprint density at radius 2 is 1.43 bits per heavy atom. The molecule has 0 aromatic rings. The first kappa shape index (κ1) is 21.0. The van der Waals surface area contributed by atoms with E-state index in [2.05, 4.69) is 6.58 Å². The third-order valence-electron chi connectivity index (χ3n) is 2.72. The predicted octanol–water partition coefficient (Wildman–Crippen LogP) is -0.214. The van der Waals surface area contributed by atoms with Crippen LogP contribution in [0.4, 0.5) is 0 Å². The zero-order chi connectivity index (χ0) is 17.7. The Hall–Kier alpha value is -1.97. The van der Waals surface area contributed by atoms with E-state index in [1.807, 2.05) is 0 Å². The molecular weight excluding hydrogens is 310 g/mol. The van der Waals surface area contributed by atoms with Crippen LogP contribution in [0.25, 0.3) is 0 Å². The SMILES string of the molecule is C=CC(COCCC(N)=O)(COCCC(=O)O)OCCC(=O)O. The molecule has 4 N–H and O–H groups in total. The van der Waals surface area contributed by atoms with Gasteiger partial charge in [0.25, 0.3) is 0 Å². The van der Waals surface area contributed by atoms with Gasteiger partial charge in [-0.2, -0.15) is 0 Å². The molecule has 1 atom stereocenters. The van der Waals surface area contributed by atoms with E-state index in [9.17, 15) is 14.4 Å². The molecule has 0 radical (unpaired) electrons. The molecule has 0 spiro atoms. The normalized spacial score (nSPS) is 13.2. The Kier molecular flexibility index (Phi) is 10.6. The van der Waals surface area contributed by atoms with E-state index >= 15 is 0 Å². The van der Waals surface area contributed by atoms with Gasteiger partial charge >= 0.3 is 11.9 Å². The molecule has 0 heterocycles. The Morgan fingerprint density at radius 1 is 0.957 bits per heavy atom. The Balaban J connectivity index is 4.50. The number of hydrogen-bond acceptors (Lipinski definition) is 6. The standard InChI is InChI=1S/C14H23NO8/c1-2-14(23-8-5-13(19)20,9-21-6-3-11(15)16)10-22-7-4-12(17)18/h2H,1,3-10H2,(H2,15,16)(H,17,18)(H,19,20). The second-order valence-corrected chi connectivity index (χ2v) is 4.73. The van der Waals surface area contributed by atoms with Gasteiger partial charge in [-0.1, -0.05) is 6.08 Å². The molecule has 0 aliphatic rings. The number of primary amides is 1. The van der Waals surface area contributed by atoms with Crippen molar-refractivity contribution in [2.75, 3.05) is 33.0 Å². The van der Waals surface area contributed by atoms with Crippen LogP contribution >= 0.6 is 0 Å². The number of carboxylic acid groups (broad SMARTS) is 2. The second kappa shape index (κ2) is 11.6. The van der Waals surface area contributed by atoms with Gasteiger partial charge in [0.2, 0.25) is 5.91 Å². The van der Waals surface area contributed by atoms with Crippen molar-refractivity contribution in [3.8, 4) is 0 Å². The average Bonchev–Trinajstić information content (AvgIpc) is 2.46. The summed E-state index contributed by atoms with van der Waals surface area (Å²) in [6.45, 7) is 3.48. The summed E-state index contributed by atoms with van der Waals surface area (Å²) in [5.41, 5.74) is 3.87. The molecule has 0 fully saturated rings. The predicted molar refractivity (Wildman–Crippen MR) is 78.8 cm³/mol. The average molecular weight is 333 g/mol. The fourth-order valence-corrected chi connectivity index (χ4v) is 1.47. The third-order valence-corrected chi connectivity index (χ3v) is 2.72. The van der Waals surface area contributed by atoms with Crippen LogP contribution in [0.15, 0.2) is 12.7 Å². The highest BCUT2D eigenvalue weighted by Gasteiger charge is 2.29. The minimum absolute atomic E-state index is 0.0300. The quantitative estimate of drug-likeness (QED) is 0.275. The topological polar surface area (TPSA) is 145 Å². The van der Waals surface area contributed by atoms with Gasteiger partial charge in [0.1, 0.15) is 5.60 Å². The first-order chi connectivity index (χ1) is 10.8. The summed E-state index contributed by atoms with van der Waals surface area (Å²) in [6.07, 6.45) is 1.04. The number of ether oxygens (including phenoxy) is 3. The summed E-state index contributed by atoms with van der Waals surface area (Å²) in [6, 6.07) is 0. The Bertz CT molecular complexity index is 388. The van der Waals surface area contributed by atoms with Crippen molar-refractivity contribution in [3.05, 3.63) is 12.7 Å². The van der Waals surface area contributed by atoms with Crippen LogP contribution in [0.5, 0.6) is 0 Å². The molecule has 1 unspecified atom stereocenters. The Morgan fingerprint density at radius 3 is 1.87 bits per heavy atom. The molecule has 23 heavy (non-hydrogen) atoms. The third kappa shape index (κ3) is 11.3. The maximum atomic E-state index is 10.7. The van der Waals surface area contributed by atoms with Crippen molar-refractivity contribution in [1.82, 2.24) is 0 Å². The number of rotatable bonds is 15. The zero-order valence-electron chi connectivity index (χ0n) is 12.9. The maximum absolute atomic E-state index is 10.7. The van der Waals surface area contributed by atoms with Gasteiger partial charge in [-0.3, -0.25) is 14.4 Å². The molecular formula is C14H23NO8. The van der Waals surface area contributed by atoms with Crippen molar-refractivity contribution < 1.29 is 38.8 Å². The highest BCUT2D eigenvalue weighted by Crippen LogP contribution is 2.16. The minimum atomic E-state index is -1.13. The minimum Gasteiger partial charge on any atom is -0.481 e. The highest BCUT2D eigenvalue weighted by molar-refractivity contribution is 5.73. The van der Waals surface area contributed by atoms with E-state index < -0.39 is 23.4 Å². The number of carbonyl (C=O) groups excluding carboxylic acids is 1. The van der Waals surface area contributed by atoms with Crippen LogP contribution in [0.1, 0.15) is 19.3 Å². The molecule has 9 nitrogen and oxygen atoms in total. The van der Waals surface area contributed by atoms with E-state index in [1.165, 1.54) is 6.08 Å². The van der Waals surface area contributed by atoms with Gasteiger partial charge in [-0.25, -0.2) is 0 Å². The van der Waals surface area contributed by atoms with Crippen molar-refractivity contribution in [3.63, 3.8) is 0 Å². The summed E-state index contributed by atoms with van der Waals surface area (Å²) in [5.74, 6) is -2.54. The van der Waals surface area contributed by atoms with E-state index in [-0.39, 0.29) is 52.3 Å². The van der Waals surface area contributed by atoms with Crippen LogP contribution in [0.3, 0.4) is 0 Å². The van der Waals surface area contributed by atoms with Crippen molar-refractivity contribution in [2.45, 2.75) is 24.9 Å². The largest absolute Gasteiger partial charge is 0.481 e. The molecule has 0 rings (SSSR count). The Labute approximate surface area is 134 Å². The van der Waals surface area contributed by atoms with Crippen LogP contribution in [0, 0.1) is 0 Å². The molecule has 1 amide bonds. The van der Waals surface area contributed by atoms with Gasteiger partial charge < -0.3 is 30.2 Å². The lowest BCUT2D eigenvalue weighted by atomic mass is 10.1. The fourth-order valence-electron chi connectivity index (χ4n) is 1.47. The summed E-state index contributed by atoms with van der Waals surface area (Å²) in [4.78, 5) is 31.7. The molecule has 0 bridgehead atoms. The van der Waals surface area contributed by atoms with Gasteiger partial charge in [0, 0.05) is 6.42 Å². The van der Waals surface area contributed by atoms with E-state index in [1.54, 1.807) is 0 Å². The molecule has 0 aliphatic heterocycles. The number of hydrogen-bond donors (Lipinski definition) is 3. The summed E-state index contributed by atoms with van der Waals surface area (Å²) in [5, 5.41) is 17.2. The lowest BCUT2D eigenvalue weighted by molar-refractivity contribution is -0.146. The first-order valence-corrected chi connectivity index (χ1v) is 6.96. The van der Waals surface area contributed by atoms with Crippen LogP contribution < -0.4 is 5.73 Å². The summed E-state index contributed by atoms with van der Waals surface area (Å²) < 4.78 is 16.0. The number of aliphatic carboxylic acids is 2. The summed E-state index contributed by atoms with van der Waals surface area (Å²) >= 11 is 0. The molecule has 9 heteroatoms. The van der Waals surface area contributed by atoms with Crippen LogP contribution in [0.2, 0.25) is 0 Å². The molecule has 0 aliphatic carbocycles. The van der Waals surface area contributed by atoms with Gasteiger partial charge in [0.05, 0.1) is 45.9 Å². The highest BCUT2D eigenvalue weighted by atomic mass is 16.6. The number of carboxylic acids is 2. The monoisotopic (exact) mass is 333 g/mol. The molecule has 0 aromatic heterocycles. The van der Waals surface area contributed by atoms with Gasteiger partial charge in [0.15, 0.2) is 0 Å². The number of carbonyl (C=O) groups is 3. The van der Waals surface area contributed by atoms with Crippen LogP contribution in [-0.2, 0) is 28.6 Å². The lowest BCUT2D eigenvalue weighted by Crippen LogP contribution is -2.42. The van der Waals surface area contributed by atoms with Crippen LogP contribution in [-0.4, -0.2) is 66.7 Å². The van der Waals surface area contributed by atoms with Crippen molar-refractivity contribution in [2.24, 2.45) is 5.73 Å². The van der Waals surface area contributed by atoms with E-state index in [0.717, 1.165) is 0 Å². The molecule has 0 saturated carbocycles. The first-order valence-electron chi connectivity index (χ1n) is 6.96. The van der Waals surface area contributed by atoms with E-state index in [0.29, 0.717) is 0 Å². The maximum Gasteiger partial charge on any atom is 0.305 e. The van der Waals surface area contributed by atoms with Crippen molar-refractivity contribution in [1.29, 1.82) is 0 Å². The zero-order valence-corrected chi connectivity index (χ0v) is 12.9. The smallest absolute Gasteiger partial charge is 0.305 e. The van der Waals surface area contributed by atoms with E-state index in [4.69, 9.17) is 30.2 Å². The van der Waals surface area contributed by atoms with Crippen molar-refractivity contribution >= 4 is 17.8 Å². The summed E-state index contributed by atoms with van der Waals surface area (Å²) in [7, 11) is 0. The second-order valence-electron chi connectivity index (χ2n) is 4.73. The van der Waals surface area contributed by atoms with Gasteiger partial charge in [-0.05, 0) is 0 Å². The molecule has 0 saturated heterocycles. The molecule has 0 aromatic carbocycles. The number of amides is 1. The number of nitrogens with two attached hydrogens (primary N) is 1. The lowest BCUT2D eigenvalue weighted by Gasteiger charge is -2.30. The fraction of sp³-hybridized carbons (Fsp3) is 0.643. The molecule has 132 valence electrons.